The van der Waals surface area contributed by atoms with Crippen LogP contribution >= 0.6 is 0 Å². The third-order valence-corrected chi connectivity index (χ3v) is 2.45. The molecule has 0 amide bonds. The van der Waals surface area contributed by atoms with Crippen molar-refractivity contribution in [1.82, 2.24) is 0 Å². The van der Waals surface area contributed by atoms with Crippen molar-refractivity contribution in [2.24, 2.45) is 0 Å². The summed E-state index contributed by atoms with van der Waals surface area (Å²) in [5.74, 6) is -0.944. The molecule has 20 heavy (non-hydrogen) atoms. The molecule has 0 heterocycles. The number of ether oxygens (including phenoxy) is 3. The molecule has 120 valence electrons. The van der Waals surface area contributed by atoms with E-state index in [0.717, 1.165) is 25.9 Å². The Kier molecular flexibility index (Phi) is 16.8. The highest BCUT2D eigenvalue weighted by molar-refractivity contribution is 5.66. The standard InChI is InChI=1S/2C7H14O3/c1-7(8)10-6-4-3-5-9-2;1-6(10-2)4-3-5-7(8)9/h3-6H2,1-2H3;6H,3-5H2,1-2H3,(H,8,9). The number of carbonyl (C=O) groups excluding carboxylic acids is 1. The number of carbonyl (C=O) groups is 2. The van der Waals surface area contributed by atoms with Crippen LogP contribution in [0.4, 0.5) is 0 Å². The van der Waals surface area contributed by atoms with Gasteiger partial charge in [0.15, 0.2) is 0 Å². The van der Waals surface area contributed by atoms with Gasteiger partial charge in [0.05, 0.1) is 12.7 Å². The second kappa shape index (κ2) is 15.9. The van der Waals surface area contributed by atoms with Gasteiger partial charge in [-0.15, -0.1) is 0 Å². The van der Waals surface area contributed by atoms with Gasteiger partial charge in [0, 0.05) is 34.2 Å². The smallest absolute Gasteiger partial charge is 0.303 e. The van der Waals surface area contributed by atoms with Gasteiger partial charge in [0.2, 0.25) is 0 Å². The Bertz CT molecular complexity index is 242. The minimum absolute atomic E-state index is 0.180. The van der Waals surface area contributed by atoms with Crippen LogP contribution in [-0.4, -0.2) is 50.6 Å². The van der Waals surface area contributed by atoms with E-state index in [1.807, 2.05) is 6.92 Å². The molecule has 0 aromatic carbocycles. The number of aliphatic carboxylic acids is 1. The summed E-state index contributed by atoms with van der Waals surface area (Å²) in [6.45, 7) is 4.60. The van der Waals surface area contributed by atoms with Gasteiger partial charge < -0.3 is 19.3 Å². The zero-order valence-electron chi connectivity index (χ0n) is 13.0. The molecule has 0 aliphatic carbocycles. The molecular formula is C14H28O6. The third-order valence-electron chi connectivity index (χ3n) is 2.45. The summed E-state index contributed by atoms with van der Waals surface area (Å²) < 4.78 is 14.4. The lowest BCUT2D eigenvalue weighted by molar-refractivity contribution is -0.141. The van der Waals surface area contributed by atoms with Crippen LogP contribution in [0.25, 0.3) is 0 Å². The van der Waals surface area contributed by atoms with Gasteiger partial charge >= 0.3 is 11.9 Å². The summed E-state index contributed by atoms with van der Waals surface area (Å²) in [5.41, 5.74) is 0. The van der Waals surface area contributed by atoms with E-state index in [4.69, 9.17) is 19.3 Å². The maximum Gasteiger partial charge on any atom is 0.303 e. The Hall–Kier alpha value is -1.14. The normalized spacial score (nSPS) is 11.2. The fourth-order valence-corrected chi connectivity index (χ4v) is 1.22. The molecule has 0 aliphatic heterocycles. The van der Waals surface area contributed by atoms with Crippen molar-refractivity contribution in [3.05, 3.63) is 0 Å². The predicted molar refractivity (Wildman–Crippen MR) is 75.7 cm³/mol. The summed E-state index contributed by atoms with van der Waals surface area (Å²) >= 11 is 0. The lowest BCUT2D eigenvalue weighted by Gasteiger charge is -2.06. The Morgan fingerprint density at radius 1 is 1.10 bits per heavy atom. The van der Waals surface area contributed by atoms with Crippen LogP contribution in [0.3, 0.4) is 0 Å². The van der Waals surface area contributed by atoms with Crippen LogP contribution < -0.4 is 0 Å². The number of methoxy groups -OCH3 is 2. The van der Waals surface area contributed by atoms with E-state index in [-0.39, 0.29) is 18.5 Å². The fourth-order valence-electron chi connectivity index (χ4n) is 1.22. The molecule has 6 heteroatoms. The van der Waals surface area contributed by atoms with Crippen molar-refractivity contribution in [2.45, 2.75) is 52.1 Å². The van der Waals surface area contributed by atoms with Crippen molar-refractivity contribution in [2.75, 3.05) is 27.4 Å². The summed E-state index contributed by atoms with van der Waals surface area (Å²) in [4.78, 5) is 20.3. The van der Waals surface area contributed by atoms with Crippen LogP contribution in [-0.2, 0) is 23.8 Å². The number of rotatable bonds is 10. The molecule has 0 aliphatic rings. The van der Waals surface area contributed by atoms with Gasteiger partial charge in [-0.25, -0.2) is 0 Å². The summed E-state index contributed by atoms with van der Waals surface area (Å²) in [7, 11) is 3.29. The molecule has 0 fully saturated rings. The summed E-state index contributed by atoms with van der Waals surface area (Å²) in [6.07, 6.45) is 3.78. The van der Waals surface area contributed by atoms with Crippen molar-refractivity contribution in [3.63, 3.8) is 0 Å². The number of unbranched alkanes of at least 4 members (excludes halogenated alkanes) is 1. The molecule has 0 spiro atoms. The molecule has 0 saturated heterocycles. The van der Waals surface area contributed by atoms with E-state index in [0.29, 0.717) is 13.0 Å². The first-order chi connectivity index (χ1) is 9.43. The molecule has 0 aromatic heterocycles. The van der Waals surface area contributed by atoms with E-state index in [1.54, 1.807) is 14.2 Å². The molecule has 1 N–H and O–H groups in total. The monoisotopic (exact) mass is 292 g/mol. The molecule has 0 saturated carbocycles. The third kappa shape index (κ3) is 22.1. The van der Waals surface area contributed by atoms with Gasteiger partial charge in [0.25, 0.3) is 0 Å². The Morgan fingerprint density at radius 3 is 2.15 bits per heavy atom. The molecular weight excluding hydrogens is 264 g/mol. The highest BCUT2D eigenvalue weighted by Gasteiger charge is 2.01. The average Bonchev–Trinajstić information content (AvgIpc) is 2.38. The van der Waals surface area contributed by atoms with Gasteiger partial charge in [-0.1, -0.05) is 0 Å². The van der Waals surface area contributed by atoms with E-state index in [2.05, 4.69) is 0 Å². The number of carboxylic acid groups (broad SMARTS) is 1. The minimum Gasteiger partial charge on any atom is -0.481 e. The lowest BCUT2D eigenvalue weighted by Crippen LogP contribution is -2.05. The van der Waals surface area contributed by atoms with Crippen molar-refractivity contribution in [3.8, 4) is 0 Å². The molecule has 1 unspecified atom stereocenters. The van der Waals surface area contributed by atoms with Crippen LogP contribution in [0.15, 0.2) is 0 Å². The van der Waals surface area contributed by atoms with Gasteiger partial charge in [0.1, 0.15) is 0 Å². The first kappa shape index (κ1) is 21.2. The van der Waals surface area contributed by atoms with E-state index in [1.165, 1.54) is 6.92 Å². The van der Waals surface area contributed by atoms with Crippen molar-refractivity contribution < 1.29 is 28.9 Å². The van der Waals surface area contributed by atoms with E-state index in [9.17, 15) is 9.59 Å². The topological polar surface area (TPSA) is 82.1 Å². The molecule has 0 aromatic rings. The second-order valence-corrected chi connectivity index (χ2v) is 4.37. The van der Waals surface area contributed by atoms with E-state index < -0.39 is 5.97 Å². The average molecular weight is 292 g/mol. The zero-order valence-corrected chi connectivity index (χ0v) is 13.0. The minimum atomic E-state index is -0.733. The van der Waals surface area contributed by atoms with Gasteiger partial charge in [-0.05, 0) is 32.6 Å². The SMILES string of the molecule is COC(C)CCCC(=O)O.COCCCCOC(C)=O. The van der Waals surface area contributed by atoms with Crippen LogP contribution in [0.5, 0.6) is 0 Å². The summed E-state index contributed by atoms with van der Waals surface area (Å²) in [5, 5.41) is 8.26. The van der Waals surface area contributed by atoms with Crippen LogP contribution in [0, 0.1) is 0 Å². The predicted octanol–water partition coefficient (Wildman–Crippen LogP) is 2.25. The number of esters is 1. The molecule has 6 nitrogen and oxygen atoms in total. The van der Waals surface area contributed by atoms with E-state index >= 15 is 0 Å². The maximum atomic E-state index is 10.2. The number of hydrogen-bond donors (Lipinski definition) is 1. The van der Waals surface area contributed by atoms with Gasteiger partial charge in [-0.3, -0.25) is 9.59 Å². The molecule has 0 radical (unpaired) electrons. The first-order valence-electron chi connectivity index (χ1n) is 6.80. The molecule has 1 atom stereocenters. The lowest BCUT2D eigenvalue weighted by atomic mass is 10.2. The van der Waals surface area contributed by atoms with Crippen LogP contribution in [0.1, 0.15) is 46.0 Å². The largest absolute Gasteiger partial charge is 0.481 e. The summed E-state index contributed by atoms with van der Waals surface area (Å²) in [6, 6.07) is 0. The fraction of sp³-hybridized carbons (Fsp3) is 0.857. The van der Waals surface area contributed by atoms with Gasteiger partial charge in [-0.2, -0.15) is 0 Å². The maximum absolute atomic E-state index is 10.2. The quantitative estimate of drug-likeness (QED) is 0.491. The highest BCUT2D eigenvalue weighted by Crippen LogP contribution is 2.02. The Morgan fingerprint density at radius 2 is 1.70 bits per heavy atom. The number of hydrogen-bond acceptors (Lipinski definition) is 5. The zero-order chi connectivity index (χ0) is 15.8. The Labute approximate surface area is 121 Å². The number of carboxylic acids is 1. The Balaban J connectivity index is 0. The van der Waals surface area contributed by atoms with Crippen molar-refractivity contribution >= 4 is 11.9 Å². The second-order valence-electron chi connectivity index (χ2n) is 4.37. The molecule has 0 bridgehead atoms. The molecule has 0 rings (SSSR count). The first-order valence-corrected chi connectivity index (χ1v) is 6.80. The van der Waals surface area contributed by atoms with Crippen LogP contribution in [0.2, 0.25) is 0 Å². The van der Waals surface area contributed by atoms with Crippen molar-refractivity contribution in [1.29, 1.82) is 0 Å². The highest BCUT2D eigenvalue weighted by atomic mass is 16.5.